The lowest BCUT2D eigenvalue weighted by molar-refractivity contribution is -0.130. The van der Waals surface area contributed by atoms with Crippen LogP contribution in [0.4, 0.5) is 23.2 Å². The van der Waals surface area contributed by atoms with Gasteiger partial charge in [-0.25, -0.2) is 23.0 Å². The molecule has 2 amide bonds. The van der Waals surface area contributed by atoms with Gasteiger partial charge in [0, 0.05) is 11.1 Å². The molecule has 176 valence electrons. The van der Waals surface area contributed by atoms with E-state index < -0.39 is 58.9 Å². The van der Waals surface area contributed by atoms with Crippen LogP contribution in [-0.2, 0) is 14.4 Å². The van der Waals surface area contributed by atoms with Crippen molar-refractivity contribution in [2.24, 2.45) is 0 Å². The lowest BCUT2D eigenvalue weighted by Gasteiger charge is -2.14. The molecule has 2 aromatic carbocycles. The fourth-order valence-electron chi connectivity index (χ4n) is 3.37. The normalized spacial score (nSPS) is 15.0. The highest BCUT2D eigenvalue weighted by Gasteiger charge is 2.31. The Morgan fingerprint density at radius 2 is 1.73 bits per heavy atom. The minimum atomic E-state index is -2.88. The average Bonchev–Trinajstić information content (AvgIpc) is 3.30. The lowest BCUT2D eigenvalue weighted by atomic mass is 10.0. The van der Waals surface area contributed by atoms with Gasteiger partial charge in [-0.3, -0.25) is 14.4 Å². The molecule has 0 radical (unpaired) electrons. The number of nitrogens with one attached hydrogen (secondary N) is 2. The van der Waals surface area contributed by atoms with Crippen LogP contribution in [0.3, 0.4) is 0 Å². The number of hydroxylamine groups is 1. The summed E-state index contributed by atoms with van der Waals surface area (Å²) >= 11 is 0. The molecule has 0 saturated carbocycles. The van der Waals surface area contributed by atoms with E-state index in [0.29, 0.717) is 6.42 Å². The Balaban J connectivity index is 1.93. The zero-order valence-electron chi connectivity index (χ0n) is 19.9. The molecule has 0 spiro atoms. The summed E-state index contributed by atoms with van der Waals surface area (Å²) in [7, 11) is -2.88. The fourth-order valence-corrected chi connectivity index (χ4v) is 3.37. The number of methoxy groups -OCH3 is 1. The Morgan fingerprint density at radius 3 is 2.36 bits per heavy atom. The Hall–Kier alpha value is -3.44. The van der Waals surface area contributed by atoms with Crippen LogP contribution in [0.1, 0.15) is 23.4 Å². The molecular weight excluding hydrogens is 448 g/mol. The topological polar surface area (TPSA) is 96.9 Å². The maximum Gasteiger partial charge on any atom is 0.271 e. The maximum atomic E-state index is 14.9. The van der Waals surface area contributed by atoms with Gasteiger partial charge in [-0.15, -0.1) is 0 Å². The van der Waals surface area contributed by atoms with Gasteiger partial charge in [0.15, 0.2) is 23.3 Å². The molecule has 0 aromatic heterocycles. The van der Waals surface area contributed by atoms with Crippen LogP contribution in [-0.4, -0.2) is 37.2 Å². The van der Waals surface area contributed by atoms with Crippen molar-refractivity contribution < 1.29 is 45.9 Å². The van der Waals surface area contributed by atoms with Crippen molar-refractivity contribution in [2.45, 2.75) is 19.3 Å². The second-order valence-corrected chi connectivity index (χ2v) is 6.90. The zero-order chi connectivity index (χ0) is 26.6. The minimum absolute atomic E-state index is 0.0464. The monoisotopic (exact) mass is 471 g/mol. The van der Waals surface area contributed by atoms with Gasteiger partial charge >= 0.3 is 0 Å². The third-order valence-electron chi connectivity index (χ3n) is 4.87. The first-order valence-corrected chi connectivity index (χ1v) is 9.66. The zero-order valence-corrected chi connectivity index (χ0v) is 16.9. The fraction of sp³-hybridized carbons (Fsp3) is 0.273. The van der Waals surface area contributed by atoms with Crippen LogP contribution >= 0.6 is 0 Å². The van der Waals surface area contributed by atoms with Crippen LogP contribution in [0, 0.1) is 23.3 Å². The van der Waals surface area contributed by atoms with Gasteiger partial charge in [0.2, 0.25) is 0 Å². The van der Waals surface area contributed by atoms with Crippen molar-refractivity contribution in [1.29, 1.82) is 0 Å². The molecule has 2 aromatic rings. The molecule has 33 heavy (non-hydrogen) atoms. The van der Waals surface area contributed by atoms with Crippen LogP contribution in [0.15, 0.2) is 35.4 Å². The molecule has 0 bridgehead atoms. The highest BCUT2D eigenvalue weighted by molar-refractivity contribution is 6.10. The lowest BCUT2D eigenvalue weighted by Crippen LogP contribution is -2.28. The number of anilines is 1. The van der Waals surface area contributed by atoms with Gasteiger partial charge in [-0.05, 0) is 37.0 Å². The second-order valence-electron chi connectivity index (χ2n) is 6.90. The molecule has 0 atom stereocenters. The van der Waals surface area contributed by atoms with E-state index in [0.717, 1.165) is 12.1 Å². The number of hydrogen-bond donors (Lipinski definition) is 3. The maximum absolute atomic E-state index is 14.9. The number of hydrogen-bond acceptors (Lipinski definition) is 5. The summed E-state index contributed by atoms with van der Waals surface area (Å²) in [5.74, 6) is -9.77. The van der Waals surface area contributed by atoms with Gasteiger partial charge in [-0.2, -0.15) is 0 Å². The summed E-state index contributed by atoms with van der Waals surface area (Å²) in [6.45, 7) is -0.595. The summed E-state index contributed by atoms with van der Waals surface area (Å²) in [4.78, 5) is 29.5. The Morgan fingerprint density at radius 1 is 1.06 bits per heavy atom. The highest BCUT2D eigenvalue weighted by atomic mass is 19.2. The third kappa shape index (κ3) is 4.99. The molecular formula is C22H20F4N2O5. The van der Waals surface area contributed by atoms with Crippen LogP contribution < -0.4 is 15.5 Å². The predicted molar refractivity (Wildman–Crippen MR) is 109 cm³/mol. The SMILES string of the molecule is [2H]C([2H])([2H])Oc1cccc(-c2c(F)c(F)c(NC(=O)C3=C(C(=O)NOCCO)CCC3)c(F)c2F)c1. The molecule has 3 N–H and O–H groups in total. The Labute approximate surface area is 190 Å². The molecule has 7 nitrogen and oxygen atoms in total. The van der Waals surface area contributed by atoms with Crippen molar-refractivity contribution in [3.63, 3.8) is 0 Å². The summed E-state index contributed by atoms with van der Waals surface area (Å²) in [6.07, 6.45) is 0.544. The van der Waals surface area contributed by atoms with Crippen molar-refractivity contribution in [3.05, 3.63) is 58.7 Å². The van der Waals surface area contributed by atoms with Crippen LogP contribution in [0.5, 0.6) is 5.75 Å². The molecule has 1 aliphatic rings. The number of aliphatic hydroxyl groups is 1. The Bertz CT molecular complexity index is 1190. The molecule has 0 saturated heterocycles. The van der Waals surface area contributed by atoms with E-state index in [9.17, 15) is 27.2 Å². The van der Waals surface area contributed by atoms with Crippen molar-refractivity contribution >= 4 is 17.5 Å². The number of ether oxygens (including phenoxy) is 1. The van der Waals surface area contributed by atoms with Crippen molar-refractivity contribution in [2.75, 3.05) is 25.6 Å². The number of rotatable bonds is 8. The van der Waals surface area contributed by atoms with Crippen LogP contribution in [0.25, 0.3) is 11.1 Å². The van der Waals surface area contributed by atoms with E-state index in [1.165, 1.54) is 12.1 Å². The van der Waals surface area contributed by atoms with Gasteiger partial charge in [0.05, 0.1) is 29.9 Å². The largest absolute Gasteiger partial charge is 0.497 e. The molecule has 0 fully saturated rings. The number of aliphatic hydroxyl groups excluding tert-OH is 1. The van der Waals surface area contributed by atoms with E-state index in [2.05, 4.69) is 9.57 Å². The van der Waals surface area contributed by atoms with Gasteiger partial charge < -0.3 is 15.2 Å². The van der Waals surface area contributed by atoms with E-state index >= 15 is 0 Å². The van der Waals surface area contributed by atoms with E-state index in [4.69, 9.17) is 9.22 Å². The smallest absolute Gasteiger partial charge is 0.271 e. The predicted octanol–water partition coefficient (Wildman–Crippen LogP) is 3.38. The number of carbonyl (C=O) groups is 2. The molecule has 1 aliphatic carbocycles. The van der Waals surface area contributed by atoms with Crippen LogP contribution in [0.2, 0.25) is 0 Å². The summed E-state index contributed by atoms with van der Waals surface area (Å²) in [5, 5.41) is 10.5. The molecule has 11 heteroatoms. The van der Waals surface area contributed by atoms with Crippen molar-refractivity contribution in [1.82, 2.24) is 5.48 Å². The molecule has 0 aliphatic heterocycles. The number of amides is 2. The van der Waals surface area contributed by atoms with Crippen molar-refractivity contribution in [3.8, 4) is 16.9 Å². The molecule has 0 heterocycles. The average molecular weight is 471 g/mol. The third-order valence-corrected chi connectivity index (χ3v) is 4.87. The second kappa shape index (κ2) is 10.5. The summed E-state index contributed by atoms with van der Waals surface area (Å²) in [5.41, 5.74) is -1.14. The van der Waals surface area contributed by atoms with Gasteiger partial charge in [0.1, 0.15) is 11.4 Å². The molecule has 0 unspecified atom stereocenters. The van der Waals surface area contributed by atoms with Gasteiger partial charge in [0.25, 0.3) is 11.8 Å². The standard InChI is InChI=1S/C22H20F4N2O5/c1-32-12-5-2-4-11(10-12)15-16(23)18(25)20(19(26)17(15)24)27-21(30)13-6-3-7-14(13)22(31)28-33-9-8-29/h2,4-5,10,29H,3,6-9H2,1H3,(H,27,30)(H,28,31)/i1D3. The number of halogens is 4. The van der Waals surface area contributed by atoms with E-state index in [1.54, 1.807) is 5.32 Å². The highest BCUT2D eigenvalue weighted by Crippen LogP contribution is 2.36. The summed E-state index contributed by atoms with van der Waals surface area (Å²) < 4.78 is 85.3. The first-order valence-electron chi connectivity index (χ1n) is 11.2. The summed E-state index contributed by atoms with van der Waals surface area (Å²) in [6, 6.07) is 4.31. The quantitative estimate of drug-likeness (QED) is 0.237. The molecule has 3 rings (SSSR count). The first-order chi connectivity index (χ1) is 16.9. The first kappa shape index (κ1) is 20.2. The van der Waals surface area contributed by atoms with E-state index in [-0.39, 0.29) is 43.0 Å². The Kier molecular flexibility index (Phi) is 6.39. The number of carbonyl (C=O) groups excluding carboxylic acids is 2. The minimum Gasteiger partial charge on any atom is -0.497 e. The van der Waals surface area contributed by atoms with E-state index in [1.807, 2.05) is 5.48 Å². The van der Waals surface area contributed by atoms with Gasteiger partial charge in [-0.1, -0.05) is 12.1 Å². The number of benzene rings is 2.